The number of para-hydroxylation sites is 5. The maximum atomic E-state index is 4.89. The van der Waals surface area contributed by atoms with E-state index >= 15 is 0 Å². The second-order valence-corrected chi connectivity index (χ2v) is 15.0. The summed E-state index contributed by atoms with van der Waals surface area (Å²) in [7, 11) is 0. The molecule has 258 valence electrons. The van der Waals surface area contributed by atoms with E-state index in [-0.39, 0.29) is 0 Å². The van der Waals surface area contributed by atoms with Crippen molar-refractivity contribution in [3.8, 4) is 44.8 Å². The minimum Gasteiger partial charge on any atom is -0.309 e. The maximum absolute atomic E-state index is 4.89. The van der Waals surface area contributed by atoms with Crippen LogP contribution in [0.4, 0.5) is 0 Å². The zero-order valence-electron chi connectivity index (χ0n) is 30.4. The highest BCUT2D eigenvalue weighted by Gasteiger charge is 2.50. The Morgan fingerprint density at radius 3 is 1.87 bits per heavy atom. The Bertz CT molecular complexity index is 3180. The third kappa shape index (κ3) is 4.02. The Balaban J connectivity index is 0.996. The standard InChI is InChI=1S/C52H35N3/c1-2-50-53-46-18-7-10-21-49(46)54(50)37-29-26-34(27-30-37)33-22-24-35(25-23-33)36-28-31-39-38-12-3-5-15-42(38)52(45(39)32-36)43-16-6-9-20-48(43)55-47-19-8-4-13-40(47)41-14-11-17-44(52)51(41)55/h3-32H,2H2,1H3. The fraction of sp³-hybridized carbons (Fsp3) is 0.0577. The van der Waals surface area contributed by atoms with Crippen molar-refractivity contribution in [3.05, 3.63) is 210 Å². The summed E-state index contributed by atoms with van der Waals surface area (Å²) in [5, 5.41) is 2.60. The van der Waals surface area contributed by atoms with Crippen LogP contribution in [0.5, 0.6) is 0 Å². The van der Waals surface area contributed by atoms with E-state index in [0.717, 1.165) is 29.0 Å². The summed E-state index contributed by atoms with van der Waals surface area (Å²) in [6.45, 7) is 2.17. The van der Waals surface area contributed by atoms with Crippen molar-refractivity contribution in [2.75, 3.05) is 0 Å². The molecule has 3 nitrogen and oxygen atoms in total. The van der Waals surface area contributed by atoms with Gasteiger partial charge in [-0.3, -0.25) is 4.57 Å². The number of aryl methyl sites for hydroxylation is 1. The minimum absolute atomic E-state index is 0.456. The van der Waals surface area contributed by atoms with Crippen LogP contribution < -0.4 is 0 Å². The molecule has 1 aliphatic heterocycles. The van der Waals surface area contributed by atoms with Crippen LogP contribution in [-0.2, 0) is 11.8 Å². The summed E-state index contributed by atoms with van der Waals surface area (Å²) in [6.07, 6.45) is 0.876. The Kier molecular flexibility index (Phi) is 6.25. The highest BCUT2D eigenvalue weighted by molar-refractivity contribution is 6.12. The fourth-order valence-corrected chi connectivity index (χ4v) is 10.0. The summed E-state index contributed by atoms with van der Waals surface area (Å²) < 4.78 is 4.79. The third-order valence-corrected chi connectivity index (χ3v) is 12.3. The first-order valence-corrected chi connectivity index (χ1v) is 19.3. The minimum atomic E-state index is -0.456. The van der Waals surface area contributed by atoms with Crippen LogP contribution in [0, 0.1) is 0 Å². The number of nitrogens with zero attached hydrogens (tertiary/aromatic N) is 3. The lowest BCUT2D eigenvalue weighted by molar-refractivity contribution is 0.749. The van der Waals surface area contributed by atoms with Gasteiger partial charge in [-0.25, -0.2) is 4.98 Å². The summed E-state index contributed by atoms with van der Waals surface area (Å²) in [5.41, 5.74) is 19.5. The van der Waals surface area contributed by atoms with E-state index in [9.17, 15) is 0 Å². The van der Waals surface area contributed by atoms with E-state index in [1.807, 2.05) is 0 Å². The van der Waals surface area contributed by atoms with Crippen LogP contribution in [0.15, 0.2) is 182 Å². The maximum Gasteiger partial charge on any atom is 0.114 e. The molecule has 1 spiro atoms. The predicted molar refractivity (Wildman–Crippen MR) is 227 cm³/mol. The highest BCUT2D eigenvalue weighted by Crippen LogP contribution is 2.61. The molecule has 1 unspecified atom stereocenters. The van der Waals surface area contributed by atoms with E-state index in [1.165, 1.54) is 83.1 Å². The van der Waals surface area contributed by atoms with Gasteiger partial charge in [-0.2, -0.15) is 0 Å². The molecule has 0 radical (unpaired) electrons. The van der Waals surface area contributed by atoms with Crippen LogP contribution in [0.1, 0.15) is 35.0 Å². The average molecular weight is 702 g/mol. The lowest BCUT2D eigenvalue weighted by Gasteiger charge is -2.39. The monoisotopic (exact) mass is 701 g/mol. The van der Waals surface area contributed by atoms with Gasteiger partial charge < -0.3 is 4.57 Å². The van der Waals surface area contributed by atoms with Gasteiger partial charge in [0.15, 0.2) is 0 Å². The molecular weight excluding hydrogens is 667 g/mol. The number of benzene rings is 8. The lowest BCUT2D eigenvalue weighted by atomic mass is 9.65. The SMILES string of the molecule is CCc1nc2ccccc2n1-c1ccc(-c2ccc(-c3ccc4c(c3)C3(c5ccccc5-4)c4ccccc4-n4c5ccccc5c5cccc3c54)cc2)cc1. The zero-order chi connectivity index (χ0) is 36.3. The Labute approximate surface area is 319 Å². The molecule has 0 fully saturated rings. The molecule has 0 saturated heterocycles. The molecule has 8 aromatic carbocycles. The normalized spacial score (nSPS) is 15.1. The molecule has 2 aromatic heterocycles. The molecule has 12 rings (SSSR count). The first kappa shape index (κ1) is 30.5. The summed E-state index contributed by atoms with van der Waals surface area (Å²) in [5.74, 6) is 1.08. The van der Waals surface area contributed by atoms with Gasteiger partial charge in [0.05, 0.1) is 33.2 Å². The summed E-state index contributed by atoms with van der Waals surface area (Å²) in [4.78, 5) is 4.89. The smallest absolute Gasteiger partial charge is 0.114 e. The van der Waals surface area contributed by atoms with Gasteiger partial charge in [0.2, 0.25) is 0 Å². The van der Waals surface area contributed by atoms with Crippen molar-refractivity contribution in [2.24, 2.45) is 0 Å². The van der Waals surface area contributed by atoms with Crippen LogP contribution in [0.25, 0.3) is 77.6 Å². The van der Waals surface area contributed by atoms with Crippen molar-refractivity contribution in [3.63, 3.8) is 0 Å². The van der Waals surface area contributed by atoms with Crippen molar-refractivity contribution in [1.82, 2.24) is 14.1 Å². The van der Waals surface area contributed by atoms with E-state index < -0.39 is 5.41 Å². The van der Waals surface area contributed by atoms with Gasteiger partial charge >= 0.3 is 0 Å². The molecule has 0 saturated carbocycles. The second-order valence-electron chi connectivity index (χ2n) is 15.0. The summed E-state index contributed by atoms with van der Waals surface area (Å²) in [6, 6.07) is 67.5. The van der Waals surface area contributed by atoms with Crippen molar-refractivity contribution in [1.29, 1.82) is 0 Å². The van der Waals surface area contributed by atoms with Crippen LogP contribution in [-0.4, -0.2) is 14.1 Å². The summed E-state index contributed by atoms with van der Waals surface area (Å²) >= 11 is 0. The number of hydrogen-bond acceptors (Lipinski definition) is 1. The van der Waals surface area contributed by atoms with Gasteiger partial charge in [-0.1, -0.05) is 146 Å². The first-order valence-electron chi connectivity index (χ1n) is 19.3. The fourth-order valence-electron chi connectivity index (χ4n) is 10.0. The van der Waals surface area contributed by atoms with Crippen LogP contribution >= 0.6 is 0 Å². The molecular formula is C52H35N3. The van der Waals surface area contributed by atoms with Crippen LogP contribution in [0.3, 0.4) is 0 Å². The third-order valence-electron chi connectivity index (χ3n) is 12.3. The van der Waals surface area contributed by atoms with Crippen molar-refractivity contribution in [2.45, 2.75) is 18.8 Å². The largest absolute Gasteiger partial charge is 0.309 e. The van der Waals surface area contributed by atoms with Gasteiger partial charge in [0.1, 0.15) is 5.82 Å². The van der Waals surface area contributed by atoms with E-state index in [4.69, 9.17) is 4.98 Å². The number of rotatable bonds is 4. The van der Waals surface area contributed by atoms with Crippen molar-refractivity contribution >= 4 is 32.8 Å². The molecule has 1 atom stereocenters. The van der Waals surface area contributed by atoms with Crippen molar-refractivity contribution < 1.29 is 0 Å². The molecule has 55 heavy (non-hydrogen) atoms. The van der Waals surface area contributed by atoms with E-state index in [1.54, 1.807) is 0 Å². The molecule has 3 heteroatoms. The topological polar surface area (TPSA) is 22.8 Å². The van der Waals surface area contributed by atoms with Gasteiger partial charge in [-0.15, -0.1) is 0 Å². The van der Waals surface area contributed by atoms with E-state index in [0.29, 0.717) is 0 Å². The molecule has 10 aromatic rings. The lowest BCUT2D eigenvalue weighted by Crippen LogP contribution is -2.33. The van der Waals surface area contributed by atoms with Gasteiger partial charge in [0.25, 0.3) is 0 Å². The molecule has 0 N–H and O–H groups in total. The molecule has 2 aliphatic rings. The predicted octanol–water partition coefficient (Wildman–Crippen LogP) is 12.7. The second kappa shape index (κ2) is 11.3. The molecule has 0 bridgehead atoms. The first-order chi connectivity index (χ1) is 27.2. The Morgan fingerprint density at radius 2 is 1.05 bits per heavy atom. The number of hydrogen-bond donors (Lipinski definition) is 0. The number of aromatic nitrogens is 3. The Hall–Kier alpha value is -6.97. The van der Waals surface area contributed by atoms with Crippen LogP contribution in [0.2, 0.25) is 0 Å². The van der Waals surface area contributed by atoms with E-state index in [2.05, 4.69) is 198 Å². The van der Waals surface area contributed by atoms with Gasteiger partial charge in [0, 0.05) is 22.9 Å². The molecule has 0 amide bonds. The average Bonchev–Trinajstić information content (AvgIpc) is 3.90. The number of imidazole rings is 1. The number of fused-ring (bicyclic) bond motifs is 13. The molecule has 1 aliphatic carbocycles. The highest BCUT2D eigenvalue weighted by atomic mass is 15.1. The zero-order valence-corrected chi connectivity index (χ0v) is 30.4. The quantitative estimate of drug-likeness (QED) is 0.179. The molecule has 3 heterocycles. The van der Waals surface area contributed by atoms with Gasteiger partial charge in [-0.05, 0) is 98.1 Å². The Morgan fingerprint density at radius 1 is 0.455 bits per heavy atom.